The third kappa shape index (κ3) is 7.34. The maximum Gasteiger partial charge on any atom is 0.223 e. The van der Waals surface area contributed by atoms with Crippen molar-refractivity contribution in [2.75, 3.05) is 20.3 Å². The normalized spacial score (nSPS) is 10.6. The van der Waals surface area contributed by atoms with E-state index in [-0.39, 0.29) is 17.9 Å². The number of ether oxygens (including phenoxy) is 3. The van der Waals surface area contributed by atoms with Crippen molar-refractivity contribution in [2.24, 2.45) is 5.92 Å². The number of rotatable bonds is 11. The molecular formula is C21H28N2O5. The number of hydrogen-bond donors (Lipinski definition) is 2. The minimum atomic E-state index is -0.198. The number of hydrogen-bond acceptors (Lipinski definition) is 5. The first kappa shape index (κ1) is 21.3. The maximum absolute atomic E-state index is 12.0. The molecule has 0 aliphatic rings. The largest absolute Gasteiger partial charge is 0.497 e. The molecule has 28 heavy (non-hydrogen) atoms. The number of pyridine rings is 1. The second-order valence-electron chi connectivity index (χ2n) is 6.80. The van der Waals surface area contributed by atoms with Gasteiger partial charge < -0.3 is 24.5 Å². The van der Waals surface area contributed by atoms with Gasteiger partial charge in [0.1, 0.15) is 11.5 Å². The van der Waals surface area contributed by atoms with E-state index in [2.05, 4.69) is 10.3 Å². The molecule has 152 valence electrons. The highest BCUT2D eigenvalue weighted by molar-refractivity contribution is 5.75. The number of H-pyrrole nitrogens is 1. The van der Waals surface area contributed by atoms with Crippen LogP contribution in [-0.4, -0.2) is 31.2 Å². The summed E-state index contributed by atoms with van der Waals surface area (Å²) in [6.07, 6.45) is 2.47. The fourth-order valence-electron chi connectivity index (χ4n) is 2.35. The van der Waals surface area contributed by atoms with Gasteiger partial charge in [-0.2, -0.15) is 0 Å². The van der Waals surface area contributed by atoms with E-state index in [1.54, 1.807) is 7.11 Å². The predicted octanol–water partition coefficient (Wildman–Crippen LogP) is 2.89. The summed E-state index contributed by atoms with van der Waals surface area (Å²) in [5, 5.41) is 2.79. The van der Waals surface area contributed by atoms with Gasteiger partial charge in [0, 0.05) is 24.4 Å². The van der Waals surface area contributed by atoms with Crippen LogP contribution in [-0.2, 0) is 11.3 Å². The number of benzene rings is 1. The molecule has 2 aromatic rings. The van der Waals surface area contributed by atoms with E-state index in [4.69, 9.17) is 14.2 Å². The van der Waals surface area contributed by atoms with Gasteiger partial charge in [0.2, 0.25) is 11.3 Å². The van der Waals surface area contributed by atoms with Crippen LogP contribution in [0.25, 0.3) is 0 Å². The highest BCUT2D eigenvalue weighted by atomic mass is 16.5. The molecule has 1 heterocycles. The fraction of sp³-hybridized carbons (Fsp3) is 0.429. The maximum atomic E-state index is 12.0. The van der Waals surface area contributed by atoms with Crippen molar-refractivity contribution in [3.8, 4) is 17.2 Å². The highest BCUT2D eigenvalue weighted by Crippen LogP contribution is 2.17. The van der Waals surface area contributed by atoms with Gasteiger partial charge in [-0.15, -0.1) is 0 Å². The van der Waals surface area contributed by atoms with Gasteiger partial charge in [-0.05, 0) is 36.6 Å². The van der Waals surface area contributed by atoms with Gasteiger partial charge >= 0.3 is 0 Å². The van der Waals surface area contributed by atoms with Gasteiger partial charge in [-0.3, -0.25) is 9.59 Å². The lowest BCUT2D eigenvalue weighted by atomic mass is 10.2. The SMILES string of the molecule is COc1ccc(OCCCC(=O)NCc2cc(=O)c(OCC(C)C)c[nH]2)cc1. The molecule has 2 N–H and O–H groups in total. The molecule has 1 aromatic carbocycles. The zero-order valence-electron chi connectivity index (χ0n) is 16.6. The molecule has 0 radical (unpaired) electrons. The van der Waals surface area contributed by atoms with E-state index in [1.165, 1.54) is 12.3 Å². The molecule has 1 amide bonds. The molecule has 7 nitrogen and oxygen atoms in total. The lowest BCUT2D eigenvalue weighted by Crippen LogP contribution is -2.24. The van der Waals surface area contributed by atoms with Crippen molar-refractivity contribution in [2.45, 2.75) is 33.2 Å². The Morgan fingerprint density at radius 3 is 2.50 bits per heavy atom. The van der Waals surface area contributed by atoms with Crippen molar-refractivity contribution in [3.63, 3.8) is 0 Å². The van der Waals surface area contributed by atoms with Crippen LogP contribution in [0.15, 0.2) is 41.3 Å². The number of amides is 1. The van der Waals surface area contributed by atoms with E-state index in [9.17, 15) is 9.59 Å². The first-order chi connectivity index (χ1) is 13.5. The van der Waals surface area contributed by atoms with Gasteiger partial charge in [-0.25, -0.2) is 0 Å². The van der Waals surface area contributed by atoms with Gasteiger partial charge in [0.15, 0.2) is 5.75 Å². The van der Waals surface area contributed by atoms with E-state index in [1.807, 2.05) is 38.1 Å². The molecule has 0 bridgehead atoms. The number of nitrogens with one attached hydrogen (secondary N) is 2. The number of methoxy groups -OCH3 is 1. The number of carbonyl (C=O) groups is 1. The van der Waals surface area contributed by atoms with Crippen LogP contribution in [0.2, 0.25) is 0 Å². The summed E-state index contributed by atoms with van der Waals surface area (Å²) in [7, 11) is 1.61. The molecule has 0 aliphatic heterocycles. The molecule has 0 spiro atoms. The molecule has 0 atom stereocenters. The Labute approximate surface area is 165 Å². The summed E-state index contributed by atoms with van der Waals surface area (Å²) in [5.74, 6) is 2.04. The number of aromatic nitrogens is 1. The summed E-state index contributed by atoms with van der Waals surface area (Å²) in [5.41, 5.74) is 0.432. The lowest BCUT2D eigenvalue weighted by Gasteiger charge is -2.10. The Morgan fingerprint density at radius 2 is 1.86 bits per heavy atom. The lowest BCUT2D eigenvalue weighted by molar-refractivity contribution is -0.121. The summed E-state index contributed by atoms with van der Waals surface area (Å²) < 4.78 is 16.1. The first-order valence-corrected chi connectivity index (χ1v) is 9.36. The molecule has 0 fully saturated rings. The Hall–Kier alpha value is -2.96. The van der Waals surface area contributed by atoms with E-state index in [0.29, 0.717) is 43.4 Å². The predicted molar refractivity (Wildman–Crippen MR) is 107 cm³/mol. The zero-order valence-corrected chi connectivity index (χ0v) is 16.6. The summed E-state index contributed by atoms with van der Waals surface area (Å²) in [6.45, 7) is 5.22. The summed E-state index contributed by atoms with van der Waals surface area (Å²) in [6, 6.07) is 8.74. The molecular weight excluding hydrogens is 360 g/mol. The minimum Gasteiger partial charge on any atom is -0.497 e. The van der Waals surface area contributed by atoms with Crippen molar-refractivity contribution in [3.05, 3.63) is 52.4 Å². The molecule has 0 saturated carbocycles. The first-order valence-electron chi connectivity index (χ1n) is 9.36. The standard InChI is InChI=1S/C21H28N2O5/c1-15(2)14-28-20-13-22-16(11-19(20)24)12-23-21(25)5-4-10-27-18-8-6-17(26-3)7-9-18/h6-9,11,13,15H,4-5,10,12,14H2,1-3H3,(H,22,24)(H,23,25). The highest BCUT2D eigenvalue weighted by Gasteiger charge is 2.06. The van der Waals surface area contributed by atoms with Crippen LogP contribution in [0.4, 0.5) is 0 Å². The molecule has 0 aliphatic carbocycles. The van der Waals surface area contributed by atoms with Crippen molar-refractivity contribution >= 4 is 5.91 Å². The Bertz CT molecular complexity index is 799. The van der Waals surface area contributed by atoms with Crippen molar-refractivity contribution < 1.29 is 19.0 Å². The Morgan fingerprint density at radius 1 is 1.14 bits per heavy atom. The second-order valence-corrected chi connectivity index (χ2v) is 6.80. The molecule has 7 heteroatoms. The quantitative estimate of drug-likeness (QED) is 0.578. The van der Waals surface area contributed by atoms with Crippen molar-refractivity contribution in [1.82, 2.24) is 10.3 Å². The van der Waals surface area contributed by atoms with Crippen LogP contribution in [0, 0.1) is 5.92 Å². The van der Waals surface area contributed by atoms with Gasteiger partial charge in [0.05, 0.1) is 26.9 Å². The number of aromatic amines is 1. The van der Waals surface area contributed by atoms with Crippen LogP contribution in [0.5, 0.6) is 17.2 Å². The van der Waals surface area contributed by atoms with Crippen LogP contribution in [0.3, 0.4) is 0 Å². The topological polar surface area (TPSA) is 89.7 Å². The van der Waals surface area contributed by atoms with Crippen LogP contribution >= 0.6 is 0 Å². The zero-order chi connectivity index (χ0) is 20.4. The van der Waals surface area contributed by atoms with E-state index >= 15 is 0 Å². The fourth-order valence-corrected chi connectivity index (χ4v) is 2.35. The number of carbonyl (C=O) groups excluding carboxylic acids is 1. The monoisotopic (exact) mass is 388 g/mol. The smallest absolute Gasteiger partial charge is 0.223 e. The molecule has 1 aromatic heterocycles. The molecule has 0 saturated heterocycles. The molecule has 2 rings (SSSR count). The second kappa shape index (κ2) is 11.0. The Kier molecular flexibility index (Phi) is 8.39. The minimum absolute atomic E-state index is 0.0979. The summed E-state index contributed by atoms with van der Waals surface area (Å²) in [4.78, 5) is 26.9. The summed E-state index contributed by atoms with van der Waals surface area (Å²) >= 11 is 0. The third-order valence-electron chi connectivity index (χ3n) is 3.86. The van der Waals surface area contributed by atoms with Crippen LogP contribution < -0.4 is 25.0 Å². The Balaban J connectivity index is 1.67. The van der Waals surface area contributed by atoms with Gasteiger partial charge in [0.25, 0.3) is 0 Å². The van der Waals surface area contributed by atoms with Gasteiger partial charge in [-0.1, -0.05) is 13.8 Å². The average molecular weight is 388 g/mol. The third-order valence-corrected chi connectivity index (χ3v) is 3.86. The van der Waals surface area contributed by atoms with E-state index in [0.717, 1.165) is 11.5 Å². The van der Waals surface area contributed by atoms with Crippen molar-refractivity contribution in [1.29, 1.82) is 0 Å². The average Bonchev–Trinajstić information content (AvgIpc) is 2.69. The van der Waals surface area contributed by atoms with E-state index < -0.39 is 0 Å². The molecule has 0 unspecified atom stereocenters. The van der Waals surface area contributed by atoms with Crippen LogP contribution in [0.1, 0.15) is 32.4 Å².